The average Bonchev–Trinajstić information content (AvgIpc) is 2.92. The SMILES string of the molecule is Cc1cc(NC(=O)N/N=C/c2cc(C)n(-c3cccc(Cl)c3)c2C)ccc1Br. The zero-order chi connectivity index (χ0) is 20.3. The monoisotopic (exact) mass is 458 g/mol. The third kappa shape index (κ3) is 4.64. The Hall–Kier alpha value is -2.57. The molecule has 0 fully saturated rings. The van der Waals surface area contributed by atoms with Gasteiger partial charge in [-0.05, 0) is 68.8 Å². The van der Waals surface area contributed by atoms with Gasteiger partial charge in [-0.25, -0.2) is 10.2 Å². The lowest BCUT2D eigenvalue weighted by atomic mass is 10.2. The number of amides is 2. The Morgan fingerprint density at radius 3 is 2.64 bits per heavy atom. The van der Waals surface area contributed by atoms with Gasteiger partial charge in [-0.2, -0.15) is 5.10 Å². The summed E-state index contributed by atoms with van der Waals surface area (Å²) in [6.45, 7) is 5.97. The van der Waals surface area contributed by atoms with E-state index < -0.39 is 6.03 Å². The van der Waals surface area contributed by atoms with Gasteiger partial charge in [-0.3, -0.25) is 0 Å². The van der Waals surface area contributed by atoms with Crippen LogP contribution in [0.1, 0.15) is 22.5 Å². The molecule has 2 amide bonds. The van der Waals surface area contributed by atoms with E-state index in [2.05, 4.69) is 36.3 Å². The third-order valence-corrected chi connectivity index (χ3v) is 5.45. The highest BCUT2D eigenvalue weighted by atomic mass is 79.9. The number of urea groups is 1. The molecule has 3 aromatic rings. The highest BCUT2D eigenvalue weighted by Gasteiger charge is 2.10. The second kappa shape index (κ2) is 8.63. The number of aromatic nitrogens is 1. The van der Waals surface area contributed by atoms with Gasteiger partial charge >= 0.3 is 6.03 Å². The quantitative estimate of drug-likeness (QED) is 0.366. The van der Waals surface area contributed by atoms with E-state index in [9.17, 15) is 4.79 Å². The number of carbonyl (C=O) groups excluding carboxylic acids is 1. The molecule has 28 heavy (non-hydrogen) atoms. The summed E-state index contributed by atoms with van der Waals surface area (Å²) in [5.41, 5.74) is 8.19. The van der Waals surface area contributed by atoms with Gasteiger partial charge in [-0.1, -0.05) is 33.6 Å². The lowest BCUT2D eigenvalue weighted by molar-refractivity contribution is 0.252. The van der Waals surface area contributed by atoms with Crippen LogP contribution in [0.25, 0.3) is 5.69 Å². The van der Waals surface area contributed by atoms with Crippen molar-refractivity contribution in [1.82, 2.24) is 9.99 Å². The van der Waals surface area contributed by atoms with Crippen LogP contribution in [0.5, 0.6) is 0 Å². The average molecular weight is 460 g/mol. The number of carbonyl (C=O) groups is 1. The highest BCUT2D eigenvalue weighted by molar-refractivity contribution is 9.10. The van der Waals surface area contributed by atoms with Crippen molar-refractivity contribution >= 4 is 45.5 Å². The Morgan fingerprint density at radius 2 is 1.93 bits per heavy atom. The van der Waals surface area contributed by atoms with Crippen LogP contribution in [-0.4, -0.2) is 16.8 Å². The molecule has 1 heterocycles. The van der Waals surface area contributed by atoms with E-state index in [1.807, 2.05) is 69.3 Å². The molecule has 0 bridgehead atoms. The summed E-state index contributed by atoms with van der Waals surface area (Å²) in [6.07, 6.45) is 1.63. The first kappa shape index (κ1) is 20.2. The van der Waals surface area contributed by atoms with Crippen molar-refractivity contribution in [1.29, 1.82) is 0 Å². The summed E-state index contributed by atoms with van der Waals surface area (Å²) in [7, 11) is 0. The molecule has 0 saturated heterocycles. The van der Waals surface area contributed by atoms with E-state index in [1.54, 1.807) is 6.21 Å². The highest BCUT2D eigenvalue weighted by Crippen LogP contribution is 2.22. The van der Waals surface area contributed by atoms with E-state index >= 15 is 0 Å². The lowest BCUT2D eigenvalue weighted by Crippen LogP contribution is -2.24. The number of anilines is 1. The van der Waals surface area contributed by atoms with Crippen LogP contribution in [0.3, 0.4) is 0 Å². The summed E-state index contributed by atoms with van der Waals surface area (Å²) in [5, 5.41) is 7.51. The molecule has 144 valence electrons. The number of rotatable bonds is 4. The molecule has 0 unspecified atom stereocenters. The lowest BCUT2D eigenvalue weighted by Gasteiger charge is -2.09. The predicted molar refractivity (Wildman–Crippen MR) is 119 cm³/mol. The Kier molecular flexibility index (Phi) is 6.21. The molecule has 7 heteroatoms. The van der Waals surface area contributed by atoms with Gasteiger partial charge in [0, 0.05) is 37.8 Å². The van der Waals surface area contributed by atoms with Crippen LogP contribution in [0.15, 0.2) is 58.1 Å². The molecular weight excluding hydrogens is 440 g/mol. The maximum Gasteiger partial charge on any atom is 0.339 e. The zero-order valence-corrected chi connectivity index (χ0v) is 18.1. The number of hydrogen-bond donors (Lipinski definition) is 2. The molecule has 5 nitrogen and oxygen atoms in total. The molecular formula is C21H20BrClN4O. The normalized spacial score (nSPS) is 11.0. The van der Waals surface area contributed by atoms with Crippen LogP contribution in [0.2, 0.25) is 5.02 Å². The Bertz CT molecular complexity index is 1060. The topological polar surface area (TPSA) is 58.4 Å². The number of nitrogens with zero attached hydrogens (tertiary/aromatic N) is 2. The molecule has 0 radical (unpaired) electrons. The Balaban J connectivity index is 1.70. The first-order chi connectivity index (χ1) is 13.3. The molecule has 3 rings (SSSR count). The molecule has 0 aliphatic carbocycles. The maximum absolute atomic E-state index is 12.0. The molecule has 0 atom stereocenters. The second-order valence-corrected chi connectivity index (χ2v) is 7.72. The molecule has 0 spiro atoms. The van der Waals surface area contributed by atoms with Crippen LogP contribution in [0, 0.1) is 20.8 Å². The Labute approximate surface area is 177 Å². The number of nitrogens with one attached hydrogen (secondary N) is 2. The minimum Gasteiger partial charge on any atom is -0.318 e. The van der Waals surface area contributed by atoms with Crippen molar-refractivity contribution in [3.8, 4) is 5.69 Å². The summed E-state index contributed by atoms with van der Waals surface area (Å²) in [4.78, 5) is 12.0. The van der Waals surface area contributed by atoms with Crippen LogP contribution in [0.4, 0.5) is 10.5 Å². The number of hydrazone groups is 1. The first-order valence-corrected chi connectivity index (χ1v) is 9.83. The van der Waals surface area contributed by atoms with Crippen molar-refractivity contribution in [2.24, 2.45) is 5.10 Å². The van der Waals surface area contributed by atoms with E-state index in [0.29, 0.717) is 10.7 Å². The van der Waals surface area contributed by atoms with Gasteiger partial charge in [-0.15, -0.1) is 0 Å². The fourth-order valence-corrected chi connectivity index (χ4v) is 3.40. The van der Waals surface area contributed by atoms with Crippen molar-refractivity contribution in [3.05, 3.63) is 80.5 Å². The van der Waals surface area contributed by atoms with Gasteiger partial charge in [0.2, 0.25) is 0 Å². The summed E-state index contributed by atoms with van der Waals surface area (Å²) < 4.78 is 3.09. The first-order valence-electron chi connectivity index (χ1n) is 8.66. The standard InChI is InChI=1S/C21H20BrClN4O/c1-13-9-18(7-8-20(13)22)25-21(28)26-24-12-16-10-14(2)27(15(16)3)19-6-4-5-17(23)11-19/h4-12H,1-3H3,(H2,25,26,28)/b24-12+. The summed E-state index contributed by atoms with van der Waals surface area (Å²) >= 11 is 9.55. The molecule has 1 aromatic heterocycles. The fourth-order valence-electron chi connectivity index (χ4n) is 2.97. The van der Waals surface area contributed by atoms with Crippen molar-refractivity contribution in [2.45, 2.75) is 20.8 Å². The maximum atomic E-state index is 12.0. The summed E-state index contributed by atoms with van der Waals surface area (Å²) in [5.74, 6) is 0. The molecule has 0 aliphatic heterocycles. The zero-order valence-electron chi connectivity index (χ0n) is 15.8. The fraction of sp³-hybridized carbons (Fsp3) is 0.143. The van der Waals surface area contributed by atoms with Gasteiger partial charge in [0.05, 0.1) is 6.21 Å². The van der Waals surface area contributed by atoms with Crippen molar-refractivity contribution in [2.75, 3.05) is 5.32 Å². The number of benzene rings is 2. The van der Waals surface area contributed by atoms with Gasteiger partial charge < -0.3 is 9.88 Å². The van der Waals surface area contributed by atoms with Crippen LogP contribution in [-0.2, 0) is 0 Å². The molecule has 2 N–H and O–H groups in total. The predicted octanol–water partition coefficient (Wildman–Crippen LogP) is 5.97. The number of aryl methyl sites for hydroxylation is 2. The number of halogens is 2. The summed E-state index contributed by atoms with van der Waals surface area (Å²) in [6, 6.07) is 14.9. The van der Waals surface area contributed by atoms with Crippen molar-refractivity contribution in [3.63, 3.8) is 0 Å². The van der Waals surface area contributed by atoms with Crippen LogP contribution >= 0.6 is 27.5 Å². The van der Waals surface area contributed by atoms with Gasteiger partial charge in [0.15, 0.2) is 0 Å². The molecule has 2 aromatic carbocycles. The van der Waals surface area contributed by atoms with Crippen molar-refractivity contribution < 1.29 is 4.79 Å². The largest absolute Gasteiger partial charge is 0.339 e. The molecule has 0 saturated carbocycles. The van der Waals surface area contributed by atoms with E-state index in [0.717, 1.165) is 32.7 Å². The van der Waals surface area contributed by atoms with Gasteiger partial charge in [0.25, 0.3) is 0 Å². The minimum atomic E-state index is -0.401. The van der Waals surface area contributed by atoms with E-state index in [4.69, 9.17) is 11.6 Å². The second-order valence-electron chi connectivity index (χ2n) is 6.43. The van der Waals surface area contributed by atoms with Crippen LogP contribution < -0.4 is 10.7 Å². The smallest absolute Gasteiger partial charge is 0.318 e. The third-order valence-electron chi connectivity index (χ3n) is 4.32. The van der Waals surface area contributed by atoms with E-state index in [-0.39, 0.29) is 0 Å². The Morgan fingerprint density at radius 1 is 1.14 bits per heavy atom. The molecule has 0 aliphatic rings. The number of hydrogen-bond acceptors (Lipinski definition) is 2. The minimum absolute atomic E-state index is 0.401. The van der Waals surface area contributed by atoms with Gasteiger partial charge in [0.1, 0.15) is 0 Å². The van der Waals surface area contributed by atoms with E-state index in [1.165, 1.54) is 0 Å².